The van der Waals surface area contributed by atoms with Crippen molar-refractivity contribution in [2.75, 3.05) is 11.1 Å². The van der Waals surface area contributed by atoms with Crippen LogP contribution in [-0.2, 0) is 4.79 Å². The monoisotopic (exact) mass is 219 g/mol. The van der Waals surface area contributed by atoms with Crippen LogP contribution in [0, 0.1) is 5.41 Å². The molecule has 0 bridgehead atoms. The molecule has 4 nitrogen and oxygen atoms in total. The number of nitrogen functional groups attached to an aromatic ring is 1. The van der Waals surface area contributed by atoms with E-state index in [1.165, 1.54) is 0 Å². The van der Waals surface area contributed by atoms with Crippen LogP contribution < -0.4 is 11.1 Å². The van der Waals surface area contributed by atoms with Crippen molar-refractivity contribution >= 4 is 17.4 Å². The Morgan fingerprint density at radius 3 is 2.69 bits per heavy atom. The minimum absolute atomic E-state index is 0.0715. The molecule has 1 saturated carbocycles. The van der Waals surface area contributed by atoms with E-state index in [4.69, 9.17) is 5.73 Å². The van der Waals surface area contributed by atoms with E-state index in [0.717, 1.165) is 25.7 Å². The molecule has 1 aliphatic rings. The summed E-state index contributed by atoms with van der Waals surface area (Å²) in [5, 5.41) is 2.85. The van der Waals surface area contributed by atoms with Gasteiger partial charge in [0.25, 0.3) is 0 Å². The van der Waals surface area contributed by atoms with Gasteiger partial charge in [-0.05, 0) is 25.0 Å². The molecule has 3 N–H and O–H groups in total. The van der Waals surface area contributed by atoms with Gasteiger partial charge in [0.1, 0.15) is 5.82 Å². The number of rotatable bonds is 2. The molecule has 0 saturated heterocycles. The minimum Gasteiger partial charge on any atom is -0.397 e. The van der Waals surface area contributed by atoms with Gasteiger partial charge >= 0.3 is 0 Å². The highest BCUT2D eigenvalue weighted by molar-refractivity contribution is 5.94. The zero-order chi connectivity index (χ0) is 11.6. The number of anilines is 2. The molecular formula is C12H17N3O. The number of amides is 1. The van der Waals surface area contributed by atoms with Gasteiger partial charge in [-0.15, -0.1) is 0 Å². The van der Waals surface area contributed by atoms with Crippen LogP contribution in [-0.4, -0.2) is 10.9 Å². The van der Waals surface area contributed by atoms with E-state index in [1.807, 2.05) is 6.92 Å². The maximum Gasteiger partial charge on any atom is 0.231 e. The van der Waals surface area contributed by atoms with Crippen molar-refractivity contribution in [3.63, 3.8) is 0 Å². The van der Waals surface area contributed by atoms with Crippen molar-refractivity contribution in [2.45, 2.75) is 32.6 Å². The lowest BCUT2D eigenvalue weighted by Crippen LogP contribution is -2.31. The van der Waals surface area contributed by atoms with Crippen molar-refractivity contribution in [1.82, 2.24) is 4.98 Å². The van der Waals surface area contributed by atoms with Crippen molar-refractivity contribution in [3.8, 4) is 0 Å². The molecule has 0 aliphatic heterocycles. The number of nitrogens with one attached hydrogen (secondary N) is 1. The van der Waals surface area contributed by atoms with Crippen LogP contribution in [0.15, 0.2) is 18.3 Å². The highest BCUT2D eigenvalue weighted by Crippen LogP contribution is 2.38. The highest BCUT2D eigenvalue weighted by atomic mass is 16.2. The van der Waals surface area contributed by atoms with E-state index in [2.05, 4.69) is 10.3 Å². The number of pyridine rings is 1. The van der Waals surface area contributed by atoms with E-state index in [0.29, 0.717) is 11.5 Å². The molecule has 86 valence electrons. The van der Waals surface area contributed by atoms with Crippen molar-refractivity contribution < 1.29 is 4.79 Å². The van der Waals surface area contributed by atoms with Crippen LogP contribution >= 0.6 is 0 Å². The first kappa shape index (κ1) is 10.9. The molecule has 4 heteroatoms. The van der Waals surface area contributed by atoms with Crippen LogP contribution in [0.1, 0.15) is 32.6 Å². The van der Waals surface area contributed by atoms with E-state index in [9.17, 15) is 4.79 Å². The van der Waals surface area contributed by atoms with Gasteiger partial charge in [-0.1, -0.05) is 19.8 Å². The zero-order valence-corrected chi connectivity index (χ0v) is 9.49. The lowest BCUT2D eigenvalue weighted by molar-refractivity contribution is -0.124. The minimum atomic E-state index is -0.219. The van der Waals surface area contributed by atoms with Crippen molar-refractivity contribution in [3.05, 3.63) is 18.3 Å². The Hall–Kier alpha value is -1.58. The second kappa shape index (κ2) is 4.12. The molecular weight excluding hydrogens is 202 g/mol. The third-order valence-electron chi connectivity index (χ3n) is 3.28. The number of nitrogens with two attached hydrogens (primary N) is 1. The third kappa shape index (κ3) is 2.15. The van der Waals surface area contributed by atoms with Gasteiger partial charge in [-0.2, -0.15) is 0 Å². The topological polar surface area (TPSA) is 68.0 Å². The highest BCUT2D eigenvalue weighted by Gasteiger charge is 2.36. The molecule has 1 amide bonds. The molecule has 0 unspecified atom stereocenters. The summed E-state index contributed by atoms with van der Waals surface area (Å²) in [7, 11) is 0. The van der Waals surface area contributed by atoms with E-state index < -0.39 is 0 Å². The Kier molecular flexibility index (Phi) is 2.81. The number of hydrogen-bond donors (Lipinski definition) is 2. The largest absolute Gasteiger partial charge is 0.397 e. The Labute approximate surface area is 95.3 Å². The van der Waals surface area contributed by atoms with Gasteiger partial charge in [0, 0.05) is 5.41 Å². The van der Waals surface area contributed by atoms with Crippen LogP contribution in [0.25, 0.3) is 0 Å². The van der Waals surface area contributed by atoms with Gasteiger partial charge in [-0.25, -0.2) is 4.98 Å². The fourth-order valence-electron chi connectivity index (χ4n) is 2.13. The summed E-state index contributed by atoms with van der Waals surface area (Å²) >= 11 is 0. The normalized spacial score (nSPS) is 18.3. The first-order valence-electron chi connectivity index (χ1n) is 5.63. The predicted molar refractivity (Wildman–Crippen MR) is 63.9 cm³/mol. The number of aromatic nitrogens is 1. The first-order valence-corrected chi connectivity index (χ1v) is 5.63. The molecule has 1 aromatic rings. The molecule has 0 radical (unpaired) electrons. The molecule has 0 spiro atoms. The third-order valence-corrected chi connectivity index (χ3v) is 3.28. The summed E-state index contributed by atoms with van der Waals surface area (Å²) in [4.78, 5) is 16.1. The van der Waals surface area contributed by atoms with Crippen LogP contribution in [0.3, 0.4) is 0 Å². The second-order valence-corrected chi connectivity index (χ2v) is 4.70. The van der Waals surface area contributed by atoms with Crippen LogP contribution in [0.5, 0.6) is 0 Å². The van der Waals surface area contributed by atoms with Gasteiger partial charge in [-0.3, -0.25) is 4.79 Å². The summed E-state index contributed by atoms with van der Waals surface area (Å²) in [6.07, 6.45) is 5.76. The average molecular weight is 219 g/mol. The standard InChI is InChI=1S/C12H17N3O/c1-12(6-2-3-7-12)11(16)15-10-5-4-9(13)8-14-10/h4-5,8H,2-3,6-7,13H2,1H3,(H,14,15,16). The Morgan fingerprint density at radius 2 is 2.12 bits per heavy atom. The number of carbonyl (C=O) groups excluding carboxylic acids is 1. The van der Waals surface area contributed by atoms with Gasteiger partial charge in [0.15, 0.2) is 0 Å². The Bertz CT molecular complexity index is 380. The Balaban J connectivity index is 2.04. The van der Waals surface area contributed by atoms with Crippen LogP contribution in [0.2, 0.25) is 0 Å². The summed E-state index contributed by atoms with van der Waals surface area (Å²) in [6.45, 7) is 2.02. The zero-order valence-electron chi connectivity index (χ0n) is 9.49. The molecule has 1 aliphatic carbocycles. The lowest BCUT2D eigenvalue weighted by Gasteiger charge is -2.21. The fraction of sp³-hybridized carbons (Fsp3) is 0.500. The van der Waals surface area contributed by atoms with Gasteiger partial charge < -0.3 is 11.1 Å². The first-order chi connectivity index (χ1) is 7.60. The molecule has 1 heterocycles. The Morgan fingerprint density at radius 1 is 1.44 bits per heavy atom. The van der Waals surface area contributed by atoms with Crippen molar-refractivity contribution in [2.24, 2.45) is 5.41 Å². The summed E-state index contributed by atoms with van der Waals surface area (Å²) in [5.74, 6) is 0.648. The molecule has 0 aromatic carbocycles. The summed E-state index contributed by atoms with van der Waals surface area (Å²) in [5.41, 5.74) is 5.91. The predicted octanol–water partition coefficient (Wildman–Crippen LogP) is 2.18. The SMILES string of the molecule is CC1(C(=O)Nc2ccc(N)cn2)CCCC1. The van der Waals surface area contributed by atoms with Crippen LogP contribution in [0.4, 0.5) is 11.5 Å². The quantitative estimate of drug-likeness (QED) is 0.801. The van der Waals surface area contributed by atoms with Crippen molar-refractivity contribution in [1.29, 1.82) is 0 Å². The van der Waals surface area contributed by atoms with E-state index >= 15 is 0 Å². The molecule has 1 fully saturated rings. The molecule has 1 aromatic heterocycles. The maximum atomic E-state index is 12.0. The fourth-order valence-corrected chi connectivity index (χ4v) is 2.13. The summed E-state index contributed by atoms with van der Waals surface area (Å²) < 4.78 is 0. The van der Waals surface area contributed by atoms with E-state index in [-0.39, 0.29) is 11.3 Å². The van der Waals surface area contributed by atoms with Gasteiger partial charge in [0.05, 0.1) is 11.9 Å². The molecule has 0 atom stereocenters. The smallest absolute Gasteiger partial charge is 0.231 e. The maximum absolute atomic E-state index is 12.0. The number of hydrogen-bond acceptors (Lipinski definition) is 3. The molecule has 2 rings (SSSR count). The summed E-state index contributed by atoms with van der Waals surface area (Å²) in [6, 6.07) is 3.46. The lowest BCUT2D eigenvalue weighted by atomic mass is 9.88. The van der Waals surface area contributed by atoms with Gasteiger partial charge in [0.2, 0.25) is 5.91 Å². The number of nitrogens with zero attached hydrogens (tertiary/aromatic N) is 1. The second-order valence-electron chi connectivity index (χ2n) is 4.70. The average Bonchev–Trinajstić information content (AvgIpc) is 2.70. The number of carbonyl (C=O) groups is 1. The molecule has 16 heavy (non-hydrogen) atoms. The van der Waals surface area contributed by atoms with E-state index in [1.54, 1.807) is 18.3 Å².